The fourth-order valence-corrected chi connectivity index (χ4v) is 1.76. The Kier molecular flexibility index (Phi) is 5.98. The van der Waals surface area contributed by atoms with Gasteiger partial charge in [-0.05, 0) is 45.9 Å². The summed E-state index contributed by atoms with van der Waals surface area (Å²) in [7, 11) is 0. The lowest BCUT2D eigenvalue weighted by Gasteiger charge is -2.21. The molecule has 8 heteroatoms. The molecule has 1 aromatic rings. The lowest BCUT2D eigenvalue weighted by molar-refractivity contribution is -0.127. The number of carbonyl (C=O) groups is 3. The number of anilines is 1. The summed E-state index contributed by atoms with van der Waals surface area (Å²) >= 11 is 5.75. The van der Waals surface area contributed by atoms with E-state index in [1.165, 1.54) is 25.1 Å². The van der Waals surface area contributed by atoms with Crippen molar-refractivity contribution in [1.29, 1.82) is 0 Å². The number of rotatable bonds is 3. The van der Waals surface area contributed by atoms with Crippen molar-refractivity contribution in [1.82, 2.24) is 10.6 Å². The third kappa shape index (κ3) is 6.15. The quantitative estimate of drug-likeness (QED) is 0.576. The van der Waals surface area contributed by atoms with Crippen LogP contribution in [0.2, 0.25) is 5.02 Å². The number of ether oxygens (including phenoxy) is 1. The van der Waals surface area contributed by atoms with E-state index in [0.29, 0.717) is 5.02 Å². The zero-order chi connectivity index (χ0) is 17.8. The molecule has 1 atom stereocenters. The largest absolute Gasteiger partial charge is 0.449 e. The number of halogens is 1. The summed E-state index contributed by atoms with van der Waals surface area (Å²) in [5, 5.41) is 5.04. The molecule has 0 radical (unpaired) electrons. The molecule has 1 aromatic carbocycles. The van der Waals surface area contributed by atoms with Gasteiger partial charge >= 0.3 is 12.0 Å². The SMILES string of the molecule is C[C@H](OC(=O)c1ccc(Cl)cc1N)C(=O)NC(=O)NC(C)(C)C. The molecule has 1 rings (SSSR count). The van der Waals surface area contributed by atoms with Crippen LogP contribution in [0.4, 0.5) is 10.5 Å². The molecule has 3 amide bonds. The Morgan fingerprint density at radius 1 is 1.26 bits per heavy atom. The summed E-state index contributed by atoms with van der Waals surface area (Å²) in [6.45, 7) is 6.65. The van der Waals surface area contributed by atoms with E-state index in [1.807, 2.05) is 0 Å². The summed E-state index contributed by atoms with van der Waals surface area (Å²) < 4.78 is 5.00. The van der Waals surface area contributed by atoms with Gasteiger partial charge in [0.2, 0.25) is 0 Å². The zero-order valence-corrected chi connectivity index (χ0v) is 14.2. The maximum absolute atomic E-state index is 12.0. The first kappa shape index (κ1) is 18.8. The Morgan fingerprint density at radius 3 is 2.39 bits per heavy atom. The van der Waals surface area contributed by atoms with Crippen molar-refractivity contribution in [3.05, 3.63) is 28.8 Å². The van der Waals surface area contributed by atoms with Crippen molar-refractivity contribution in [3.8, 4) is 0 Å². The van der Waals surface area contributed by atoms with Gasteiger partial charge in [0.1, 0.15) is 0 Å². The lowest BCUT2D eigenvalue weighted by Crippen LogP contribution is -2.50. The second-order valence-electron chi connectivity index (χ2n) is 5.97. The standard InChI is InChI=1S/C15H20ClN3O4/c1-8(12(20)18-14(22)19-15(2,3)4)23-13(21)10-6-5-9(16)7-11(10)17/h5-8H,17H2,1-4H3,(H2,18,19,20,22)/t8-/m0/s1. The summed E-state index contributed by atoms with van der Waals surface area (Å²) in [5.41, 5.74) is 5.41. The zero-order valence-electron chi connectivity index (χ0n) is 13.4. The number of nitrogens with one attached hydrogen (secondary N) is 2. The highest BCUT2D eigenvalue weighted by atomic mass is 35.5. The normalized spacial score (nSPS) is 12.2. The first-order valence-electron chi connectivity index (χ1n) is 6.88. The number of nitrogens with two attached hydrogens (primary N) is 1. The van der Waals surface area contributed by atoms with E-state index in [9.17, 15) is 14.4 Å². The lowest BCUT2D eigenvalue weighted by atomic mass is 10.1. The minimum Gasteiger partial charge on any atom is -0.449 e. The highest BCUT2D eigenvalue weighted by Gasteiger charge is 2.23. The van der Waals surface area contributed by atoms with Crippen LogP contribution in [0.1, 0.15) is 38.1 Å². The number of hydrogen-bond donors (Lipinski definition) is 3. The average molecular weight is 342 g/mol. The number of amides is 3. The summed E-state index contributed by atoms with van der Waals surface area (Å²) in [5.74, 6) is -1.52. The minimum atomic E-state index is -1.16. The number of carbonyl (C=O) groups excluding carboxylic acids is 3. The molecule has 0 aliphatic carbocycles. The van der Waals surface area contributed by atoms with Crippen molar-refractivity contribution < 1.29 is 19.1 Å². The van der Waals surface area contributed by atoms with Crippen LogP contribution >= 0.6 is 11.6 Å². The number of benzene rings is 1. The first-order chi connectivity index (χ1) is 10.5. The molecular formula is C15H20ClN3O4. The van der Waals surface area contributed by atoms with Crippen LogP contribution in [0.5, 0.6) is 0 Å². The van der Waals surface area contributed by atoms with Gasteiger partial charge in [-0.1, -0.05) is 11.6 Å². The molecule has 7 nitrogen and oxygen atoms in total. The van der Waals surface area contributed by atoms with Gasteiger partial charge in [0.25, 0.3) is 5.91 Å². The minimum absolute atomic E-state index is 0.0909. The highest BCUT2D eigenvalue weighted by molar-refractivity contribution is 6.31. The van der Waals surface area contributed by atoms with Crippen LogP contribution in [0.3, 0.4) is 0 Å². The molecule has 0 saturated carbocycles. The van der Waals surface area contributed by atoms with Crippen LogP contribution < -0.4 is 16.4 Å². The molecule has 0 aliphatic rings. The third-order valence-corrected chi connectivity index (χ3v) is 2.85. The van der Waals surface area contributed by atoms with Gasteiger partial charge < -0.3 is 15.8 Å². The maximum atomic E-state index is 12.0. The number of urea groups is 1. The number of nitrogen functional groups attached to an aromatic ring is 1. The molecule has 0 unspecified atom stereocenters. The first-order valence-corrected chi connectivity index (χ1v) is 7.26. The summed E-state index contributed by atoms with van der Waals surface area (Å²) in [6.07, 6.45) is -1.16. The van der Waals surface area contributed by atoms with Crippen molar-refractivity contribution >= 4 is 35.2 Å². The van der Waals surface area contributed by atoms with Gasteiger partial charge in [-0.2, -0.15) is 0 Å². The van der Waals surface area contributed by atoms with Crippen molar-refractivity contribution in [2.75, 3.05) is 5.73 Å². The molecule has 4 N–H and O–H groups in total. The fourth-order valence-electron chi connectivity index (χ4n) is 1.58. The maximum Gasteiger partial charge on any atom is 0.341 e. The fraction of sp³-hybridized carbons (Fsp3) is 0.400. The average Bonchev–Trinajstić information content (AvgIpc) is 2.35. The van der Waals surface area contributed by atoms with Crippen molar-refractivity contribution in [3.63, 3.8) is 0 Å². The van der Waals surface area contributed by atoms with E-state index >= 15 is 0 Å². The van der Waals surface area contributed by atoms with Gasteiger partial charge in [0, 0.05) is 16.2 Å². The molecule has 0 saturated heterocycles. The molecule has 0 heterocycles. The number of imide groups is 1. The van der Waals surface area contributed by atoms with Crippen molar-refractivity contribution in [2.24, 2.45) is 0 Å². The second kappa shape index (κ2) is 7.32. The third-order valence-electron chi connectivity index (χ3n) is 2.61. The van der Waals surface area contributed by atoms with Crippen LogP contribution in [-0.2, 0) is 9.53 Å². The molecule has 0 bridgehead atoms. The predicted octanol–water partition coefficient (Wildman–Crippen LogP) is 2.09. The van der Waals surface area contributed by atoms with Gasteiger partial charge in [-0.25, -0.2) is 9.59 Å². The second-order valence-corrected chi connectivity index (χ2v) is 6.41. The van der Waals surface area contributed by atoms with E-state index in [4.69, 9.17) is 22.1 Å². The van der Waals surface area contributed by atoms with E-state index in [0.717, 1.165) is 0 Å². The number of esters is 1. The van der Waals surface area contributed by atoms with E-state index < -0.39 is 29.6 Å². The molecule has 0 aliphatic heterocycles. The topological polar surface area (TPSA) is 111 Å². The Morgan fingerprint density at radius 2 is 1.87 bits per heavy atom. The Bertz CT molecular complexity index is 626. The molecule has 0 aromatic heterocycles. The van der Waals surface area contributed by atoms with E-state index in [1.54, 1.807) is 20.8 Å². The molecule has 0 fully saturated rings. The van der Waals surface area contributed by atoms with Crippen LogP contribution in [-0.4, -0.2) is 29.6 Å². The number of hydrogen-bond acceptors (Lipinski definition) is 5. The van der Waals surface area contributed by atoms with Crippen molar-refractivity contribution in [2.45, 2.75) is 39.3 Å². The Balaban J connectivity index is 2.64. The van der Waals surface area contributed by atoms with E-state index in [2.05, 4.69) is 10.6 Å². The Hall–Kier alpha value is -2.28. The monoisotopic (exact) mass is 341 g/mol. The molecular weight excluding hydrogens is 322 g/mol. The summed E-state index contributed by atoms with van der Waals surface area (Å²) in [4.78, 5) is 35.4. The molecule has 126 valence electrons. The van der Waals surface area contributed by atoms with Gasteiger partial charge in [0.05, 0.1) is 5.56 Å². The van der Waals surface area contributed by atoms with Gasteiger partial charge in [0.15, 0.2) is 6.10 Å². The molecule has 0 spiro atoms. The highest BCUT2D eigenvalue weighted by Crippen LogP contribution is 2.19. The molecule has 23 heavy (non-hydrogen) atoms. The van der Waals surface area contributed by atoms with Gasteiger partial charge in [-0.15, -0.1) is 0 Å². The van der Waals surface area contributed by atoms with E-state index in [-0.39, 0.29) is 11.3 Å². The van der Waals surface area contributed by atoms with Crippen LogP contribution in [0.25, 0.3) is 0 Å². The Labute approximate surface area is 139 Å². The predicted molar refractivity (Wildman–Crippen MR) is 87.2 cm³/mol. The smallest absolute Gasteiger partial charge is 0.341 e. The van der Waals surface area contributed by atoms with Crippen LogP contribution in [0, 0.1) is 0 Å². The summed E-state index contributed by atoms with van der Waals surface area (Å²) in [6, 6.07) is 3.61. The van der Waals surface area contributed by atoms with Gasteiger partial charge in [-0.3, -0.25) is 10.1 Å². The van der Waals surface area contributed by atoms with Crippen LogP contribution in [0.15, 0.2) is 18.2 Å².